The first-order valence-corrected chi connectivity index (χ1v) is 5.15. The summed E-state index contributed by atoms with van der Waals surface area (Å²) in [7, 11) is 0. The van der Waals surface area contributed by atoms with E-state index < -0.39 is 0 Å². The number of piperazine rings is 1. The second kappa shape index (κ2) is 2.98. The number of amides is 1. The minimum atomic E-state index is 0.00556. The molecule has 0 aromatic carbocycles. The minimum absolute atomic E-state index is 0.00556. The van der Waals surface area contributed by atoms with Gasteiger partial charge in [-0.3, -0.25) is 4.79 Å². The standard InChI is InChI=1S/C10H18N2O/c1-8-7-11-5-6-12(8)9(13)10(2)3-4-10/h8,11H,3-7H2,1-2H3. The molecule has 1 atom stereocenters. The fourth-order valence-corrected chi connectivity index (χ4v) is 1.89. The van der Waals surface area contributed by atoms with Crippen molar-refractivity contribution in [3.8, 4) is 0 Å². The number of hydrogen-bond acceptors (Lipinski definition) is 2. The zero-order valence-electron chi connectivity index (χ0n) is 8.47. The highest BCUT2D eigenvalue weighted by molar-refractivity contribution is 5.85. The third-order valence-corrected chi connectivity index (χ3v) is 3.28. The van der Waals surface area contributed by atoms with Gasteiger partial charge in [-0.2, -0.15) is 0 Å². The maximum Gasteiger partial charge on any atom is 0.228 e. The van der Waals surface area contributed by atoms with Gasteiger partial charge in [0.15, 0.2) is 0 Å². The third kappa shape index (κ3) is 1.57. The van der Waals surface area contributed by atoms with Crippen LogP contribution < -0.4 is 5.32 Å². The fourth-order valence-electron chi connectivity index (χ4n) is 1.89. The van der Waals surface area contributed by atoms with E-state index in [4.69, 9.17) is 0 Å². The van der Waals surface area contributed by atoms with Crippen LogP contribution in [0.25, 0.3) is 0 Å². The Morgan fingerprint density at radius 2 is 2.23 bits per heavy atom. The van der Waals surface area contributed by atoms with Crippen molar-refractivity contribution in [2.75, 3.05) is 19.6 Å². The lowest BCUT2D eigenvalue weighted by Gasteiger charge is -2.35. The minimum Gasteiger partial charge on any atom is -0.337 e. The highest BCUT2D eigenvalue weighted by atomic mass is 16.2. The quantitative estimate of drug-likeness (QED) is 0.644. The first-order valence-electron chi connectivity index (χ1n) is 5.15. The smallest absolute Gasteiger partial charge is 0.228 e. The van der Waals surface area contributed by atoms with Crippen molar-refractivity contribution in [1.29, 1.82) is 0 Å². The average Bonchev–Trinajstić information content (AvgIpc) is 2.85. The van der Waals surface area contributed by atoms with Gasteiger partial charge in [0.25, 0.3) is 0 Å². The van der Waals surface area contributed by atoms with Crippen molar-refractivity contribution in [2.24, 2.45) is 5.41 Å². The van der Waals surface area contributed by atoms with Crippen molar-refractivity contribution in [3.05, 3.63) is 0 Å². The number of rotatable bonds is 1. The van der Waals surface area contributed by atoms with Crippen LogP contribution in [0.4, 0.5) is 0 Å². The predicted molar refractivity (Wildman–Crippen MR) is 51.4 cm³/mol. The topological polar surface area (TPSA) is 32.3 Å². The van der Waals surface area contributed by atoms with Crippen LogP contribution in [0.2, 0.25) is 0 Å². The summed E-state index contributed by atoms with van der Waals surface area (Å²) in [6, 6.07) is 0.374. The van der Waals surface area contributed by atoms with E-state index in [1.165, 1.54) is 0 Å². The molecule has 3 nitrogen and oxygen atoms in total. The van der Waals surface area contributed by atoms with Gasteiger partial charge in [0.1, 0.15) is 0 Å². The van der Waals surface area contributed by atoms with Gasteiger partial charge in [-0.15, -0.1) is 0 Å². The first kappa shape index (κ1) is 9.00. The summed E-state index contributed by atoms with van der Waals surface area (Å²) in [4.78, 5) is 14.0. The van der Waals surface area contributed by atoms with Gasteiger partial charge in [0.2, 0.25) is 5.91 Å². The first-order chi connectivity index (χ1) is 6.13. The van der Waals surface area contributed by atoms with Crippen LogP contribution in [-0.4, -0.2) is 36.5 Å². The zero-order valence-corrected chi connectivity index (χ0v) is 8.47. The van der Waals surface area contributed by atoms with Crippen LogP contribution >= 0.6 is 0 Å². The number of carbonyl (C=O) groups excluding carboxylic acids is 1. The second-order valence-electron chi connectivity index (χ2n) is 4.61. The van der Waals surface area contributed by atoms with Crippen LogP contribution in [0.5, 0.6) is 0 Å². The Balaban J connectivity index is 2.02. The van der Waals surface area contributed by atoms with E-state index in [0.717, 1.165) is 32.5 Å². The lowest BCUT2D eigenvalue weighted by atomic mass is 10.1. The van der Waals surface area contributed by atoms with Crippen molar-refractivity contribution in [1.82, 2.24) is 10.2 Å². The fraction of sp³-hybridized carbons (Fsp3) is 0.900. The van der Waals surface area contributed by atoms with Gasteiger partial charge in [-0.05, 0) is 19.8 Å². The Labute approximate surface area is 79.5 Å². The van der Waals surface area contributed by atoms with Gasteiger partial charge in [-0.1, -0.05) is 6.92 Å². The summed E-state index contributed by atoms with van der Waals surface area (Å²) in [6.45, 7) is 6.99. The molecule has 1 saturated carbocycles. The van der Waals surface area contributed by atoms with E-state index >= 15 is 0 Å². The summed E-state index contributed by atoms with van der Waals surface area (Å²) in [5, 5.41) is 3.30. The Kier molecular flexibility index (Phi) is 2.06. The summed E-state index contributed by atoms with van der Waals surface area (Å²) in [6.07, 6.45) is 2.17. The maximum atomic E-state index is 12.0. The molecule has 1 amide bonds. The lowest BCUT2D eigenvalue weighted by Crippen LogP contribution is -2.53. The summed E-state index contributed by atoms with van der Waals surface area (Å²) in [5.74, 6) is 0.376. The molecule has 0 aromatic heterocycles. The molecule has 1 unspecified atom stereocenters. The molecule has 1 saturated heterocycles. The Hall–Kier alpha value is -0.570. The molecule has 2 fully saturated rings. The molecular formula is C10H18N2O. The lowest BCUT2D eigenvalue weighted by molar-refractivity contribution is -0.139. The normalized spacial score (nSPS) is 31.5. The largest absolute Gasteiger partial charge is 0.337 e. The maximum absolute atomic E-state index is 12.0. The van der Waals surface area contributed by atoms with Gasteiger partial charge in [0, 0.05) is 31.1 Å². The summed E-state index contributed by atoms with van der Waals surface area (Å²) in [5.41, 5.74) is 0.00556. The summed E-state index contributed by atoms with van der Waals surface area (Å²) < 4.78 is 0. The molecule has 1 heterocycles. The van der Waals surface area contributed by atoms with E-state index in [1.807, 2.05) is 4.90 Å². The number of carbonyl (C=O) groups is 1. The third-order valence-electron chi connectivity index (χ3n) is 3.28. The molecule has 0 bridgehead atoms. The van der Waals surface area contributed by atoms with Crippen molar-refractivity contribution in [2.45, 2.75) is 32.7 Å². The van der Waals surface area contributed by atoms with E-state index in [9.17, 15) is 4.79 Å². The Morgan fingerprint density at radius 1 is 1.54 bits per heavy atom. The molecule has 0 radical (unpaired) electrons. The number of hydrogen-bond donors (Lipinski definition) is 1. The molecule has 0 aromatic rings. The van der Waals surface area contributed by atoms with E-state index in [0.29, 0.717) is 11.9 Å². The highest BCUT2D eigenvalue weighted by Crippen LogP contribution is 2.46. The zero-order chi connectivity index (χ0) is 9.47. The Bertz CT molecular complexity index is 223. The molecule has 2 aliphatic rings. The van der Waals surface area contributed by atoms with E-state index in [2.05, 4.69) is 19.2 Å². The van der Waals surface area contributed by atoms with Crippen LogP contribution in [0.1, 0.15) is 26.7 Å². The average molecular weight is 182 g/mol. The Morgan fingerprint density at radius 3 is 2.77 bits per heavy atom. The van der Waals surface area contributed by atoms with Gasteiger partial charge < -0.3 is 10.2 Å². The predicted octanol–water partition coefficient (Wildman–Crippen LogP) is 0.607. The molecule has 1 aliphatic heterocycles. The monoisotopic (exact) mass is 182 g/mol. The summed E-state index contributed by atoms with van der Waals surface area (Å²) >= 11 is 0. The van der Waals surface area contributed by atoms with Crippen LogP contribution in [0.3, 0.4) is 0 Å². The molecule has 13 heavy (non-hydrogen) atoms. The molecule has 1 aliphatic carbocycles. The molecule has 2 rings (SSSR count). The van der Waals surface area contributed by atoms with Gasteiger partial charge in [0.05, 0.1) is 0 Å². The second-order valence-corrected chi connectivity index (χ2v) is 4.61. The van der Waals surface area contributed by atoms with Crippen LogP contribution in [0, 0.1) is 5.41 Å². The van der Waals surface area contributed by atoms with Crippen LogP contribution in [0.15, 0.2) is 0 Å². The van der Waals surface area contributed by atoms with Crippen molar-refractivity contribution >= 4 is 5.91 Å². The van der Waals surface area contributed by atoms with Crippen molar-refractivity contribution in [3.63, 3.8) is 0 Å². The van der Waals surface area contributed by atoms with E-state index in [-0.39, 0.29) is 5.41 Å². The van der Waals surface area contributed by atoms with E-state index in [1.54, 1.807) is 0 Å². The highest BCUT2D eigenvalue weighted by Gasteiger charge is 2.48. The number of nitrogens with zero attached hydrogens (tertiary/aromatic N) is 1. The van der Waals surface area contributed by atoms with Crippen LogP contribution in [-0.2, 0) is 4.79 Å². The number of nitrogens with one attached hydrogen (secondary N) is 1. The van der Waals surface area contributed by atoms with Gasteiger partial charge >= 0.3 is 0 Å². The molecule has 3 heteroatoms. The molecule has 74 valence electrons. The van der Waals surface area contributed by atoms with Gasteiger partial charge in [-0.25, -0.2) is 0 Å². The van der Waals surface area contributed by atoms with Crippen molar-refractivity contribution < 1.29 is 4.79 Å². The molecule has 1 N–H and O–H groups in total. The SMILES string of the molecule is CC1CNCCN1C(=O)C1(C)CC1. The molecule has 0 spiro atoms. The molecular weight excluding hydrogens is 164 g/mol.